The standard InChI is InChI=1S/C14H24N6O2/c1-10-6-12(15-2)18-14(17-10)20-5-4-19(7-11(21)8-20)9-13(22)16-3/h6,11,21H,4-5,7-9H2,1-3H3,(H,16,22)(H,15,17,18). The Morgan fingerprint density at radius 3 is 2.82 bits per heavy atom. The van der Waals surface area contributed by atoms with E-state index in [9.17, 15) is 9.90 Å². The third-order valence-corrected chi connectivity index (χ3v) is 3.61. The molecule has 1 aliphatic rings. The Morgan fingerprint density at radius 2 is 2.14 bits per heavy atom. The zero-order valence-electron chi connectivity index (χ0n) is 13.3. The maximum Gasteiger partial charge on any atom is 0.233 e. The number of hydrogen-bond donors (Lipinski definition) is 3. The number of aryl methyl sites for hydroxylation is 1. The molecule has 0 spiro atoms. The van der Waals surface area contributed by atoms with Gasteiger partial charge in [0.05, 0.1) is 12.6 Å². The fraction of sp³-hybridized carbons (Fsp3) is 0.643. The third kappa shape index (κ3) is 4.28. The highest BCUT2D eigenvalue weighted by Crippen LogP contribution is 2.15. The van der Waals surface area contributed by atoms with Crippen LogP contribution in [-0.2, 0) is 4.79 Å². The number of β-amino-alcohol motifs (C(OH)–C–C–N with tert-alkyl or cyclic N) is 1. The molecule has 22 heavy (non-hydrogen) atoms. The van der Waals surface area contributed by atoms with Gasteiger partial charge >= 0.3 is 0 Å². The van der Waals surface area contributed by atoms with E-state index in [1.165, 1.54) is 0 Å². The lowest BCUT2D eigenvalue weighted by molar-refractivity contribution is -0.121. The maximum atomic E-state index is 11.5. The van der Waals surface area contributed by atoms with Crippen LogP contribution in [0, 0.1) is 6.92 Å². The fourth-order valence-electron chi connectivity index (χ4n) is 2.48. The van der Waals surface area contributed by atoms with Crippen LogP contribution in [0.1, 0.15) is 5.69 Å². The Bertz CT molecular complexity index is 524. The van der Waals surface area contributed by atoms with E-state index in [1.807, 2.05) is 29.8 Å². The maximum absolute atomic E-state index is 11.5. The average Bonchev–Trinajstić information content (AvgIpc) is 2.67. The van der Waals surface area contributed by atoms with Gasteiger partial charge in [-0.1, -0.05) is 0 Å². The molecule has 1 saturated heterocycles. The van der Waals surface area contributed by atoms with Crippen molar-refractivity contribution in [2.75, 3.05) is 57.0 Å². The van der Waals surface area contributed by atoms with Crippen molar-refractivity contribution < 1.29 is 9.90 Å². The number of aromatic nitrogens is 2. The average molecular weight is 308 g/mol. The lowest BCUT2D eigenvalue weighted by Gasteiger charge is -2.22. The molecule has 8 nitrogen and oxygen atoms in total. The Labute approximate surface area is 130 Å². The van der Waals surface area contributed by atoms with Gasteiger partial charge in [0.25, 0.3) is 0 Å². The topological polar surface area (TPSA) is 93.6 Å². The molecule has 0 radical (unpaired) electrons. The highest BCUT2D eigenvalue weighted by molar-refractivity contribution is 5.77. The molecule has 122 valence electrons. The molecule has 8 heteroatoms. The second kappa shape index (κ2) is 7.37. The van der Waals surface area contributed by atoms with E-state index >= 15 is 0 Å². The molecule has 2 heterocycles. The van der Waals surface area contributed by atoms with Gasteiger partial charge in [0, 0.05) is 52.0 Å². The molecule has 1 aliphatic heterocycles. The largest absolute Gasteiger partial charge is 0.390 e. The number of likely N-dealkylation sites (N-methyl/N-ethyl adjacent to an activating group) is 1. The molecule has 1 atom stereocenters. The first-order valence-electron chi connectivity index (χ1n) is 7.41. The first-order chi connectivity index (χ1) is 10.5. The highest BCUT2D eigenvalue weighted by Gasteiger charge is 2.24. The minimum Gasteiger partial charge on any atom is -0.390 e. The monoisotopic (exact) mass is 308 g/mol. The minimum atomic E-state index is -0.547. The summed E-state index contributed by atoms with van der Waals surface area (Å²) in [7, 11) is 3.43. The summed E-state index contributed by atoms with van der Waals surface area (Å²) in [5.41, 5.74) is 0.871. The number of rotatable bonds is 4. The number of anilines is 2. The van der Waals surface area contributed by atoms with Gasteiger partial charge in [-0.25, -0.2) is 4.98 Å². The summed E-state index contributed by atoms with van der Waals surface area (Å²) in [6, 6.07) is 1.87. The van der Waals surface area contributed by atoms with E-state index in [1.54, 1.807) is 7.05 Å². The molecule has 0 aromatic carbocycles. The molecule has 3 N–H and O–H groups in total. The molecule has 0 bridgehead atoms. The zero-order valence-corrected chi connectivity index (χ0v) is 13.3. The summed E-state index contributed by atoms with van der Waals surface area (Å²) in [4.78, 5) is 24.3. The van der Waals surface area contributed by atoms with Crippen LogP contribution in [0.25, 0.3) is 0 Å². The van der Waals surface area contributed by atoms with Gasteiger partial charge in [-0.05, 0) is 6.92 Å². The number of amides is 1. The molecular formula is C14H24N6O2. The van der Waals surface area contributed by atoms with E-state index in [2.05, 4.69) is 20.6 Å². The van der Waals surface area contributed by atoms with E-state index in [-0.39, 0.29) is 12.5 Å². The van der Waals surface area contributed by atoms with E-state index in [4.69, 9.17) is 0 Å². The van der Waals surface area contributed by atoms with Crippen molar-refractivity contribution in [3.63, 3.8) is 0 Å². The summed E-state index contributed by atoms with van der Waals surface area (Å²) < 4.78 is 0. The van der Waals surface area contributed by atoms with Crippen molar-refractivity contribution in [3.8, 4) is 0 Å². The number of nitrogens with one attached hydrogen (secondary N) is 2. The summed E-state index contributed by atoms with van der Waals surface area (Å²) in [5.74, 6) is 1.30. The summed E-state index contributed by atoms with van der Waals surface area (Å²) >= 11 is 0. The quantitative estimate of drug-likeness (QED) is 0.660. The van der Waals surface area contributed by atoms with Crippen molar-refractivity contribution in [2.24, 2.45) is 0 Å². The summed E-state index contributed by atoms with van der Waals surface area (Å²) in [5, 5.41) is 15.8. The van der Waals surface area contributed by atoms with Crippen molar-refractivity contribution in [3.05, 3.63) is 11.8 Å². The molecule has 2 rings (SSSR count). The van der Waals surface area contributed by atoms with Crippen LogP contribution >= 0.6 is 0 Å². The summed E-state index contributed by atoms with van der Waals surface area (Å²) in [6.45, 7) is 4.47. The van der Waals surface area contributed by atoms with Gasteiger partial charge in [0.2, 0.25) is 11.9 Å². The predicted octanol–water partition coefficient (Wildman–Crippen LogP) is -0.944. The first-order valence-corrected chi connectivity index (χ1v) is 7.41. The molecule has 0 aliphatic carbocycles. The second-order valence-electron chi connectivity index (χ2n) is 5.45. The van der Waals surface area contributed by atoms with Crippen molar-refractivity contribution in [1.82, 2.24) is 20.2 Å². The van der Waals surface area contributed by atoms with Gasteiger partial charge < -0.3 is 20.6 Å². The van der Waals surface area contributed by atoms with Crippen LogP contribution in [0.3, 0.4) is 0 Å². The molecule has 1 aromatic heterocycles. The number of carbonyl (C=O) groups is 1. The van der Waals surface area contributed by atoms with E-state index in [0.29, 0.717) is 32.1 Å². The number of hydrogen-bond acceptors (Lipinski definition) is 7. The lowest BCUT2D eigenvalue weighted by atomic mass is 10.3. The van der Waals surface area contributed by atoms with Crippen molar-refractivity contribution >= 4 is 17.7 Å². The molecule has 0 saturated carbocycles. The molecule has 1 fully saturated rings. The van der Waals surface area contributed by atoms with Crippen LogP contribution < -0.4 is 15.5 Å². The number of nitrogens with zero attached hydrogens (tertiary/aromatic N) is 4. The zero-order chi connectivity index (χ0) is 16.1. The fourth-order valence-corrected chi connectivity index (χ4v) is 2.48. The Balaban J connectivity index is 2.10. The molecule has 1 amide bonds. The van der Waals surface area contributed by atoms with Crippen molar-refractivity contribution in [1.29, 1.82) is 0 Å². The Morgan fingerprint density at radius 1 is 1.36 bits per heavy atom. The smallest absolute Gasteiger partial charge is 0.233 e. The third-order valence-electron chi connectivity index (χ3n) is 3.61. The molecular weight excluding hydrogens is 284 g/mol. The van der Waals surface area contributed by atoms with Crippen LogP contribution in [0.4, 0.5) is 11.8 Å². The minimum absolute atomic E-state index is 0.0510. The van der Waals surface area contributed by atoms with E-state index in [0.717, 1.165) is 11.5 Å². The molecule has 1 unspecified atom stereocenters. The Kier molecular flexibility index (Phi) is 5.51. The predicted molar refractivity (Wildman–Crippen MR) is 85.0 cm³/mol. The summed E-state index contributed by atoms with van der Waals surface area (Å²) in [6.07, 6.45) is -0.547. The van der Waals surface area contributed by atoms with Crippen LogP contribution in [0.5, 0.6) is 0 Å². The van der Waals surface area contributed by atoms with Crippen LogP contribution in [0.2, 0.25) is 0 Å². The lowest BCUT2D eigenvalue weighted by Crippen LogP contribution is -2.40. The number of aliphatic hydroxyl groups is 1. The second-order valence-corrected chi connectivity index (χ2v) is 5.45. The number of aliphatic hydroxyl groups excluding tert-OH is 1. The van der Waals surface area contributed by atoms with Gasteiger partial charge in [0.15, 0.2) is 0 Å². The van der Waals surface area contributed by atoms with Gasteiger partial charge in [-0.3, -0.25) is 9.69 Å². The van der Waals surface area contributed by atoms with Crippen LogP contribution in [0.15, 0.2) is 6.07 Å². The SMILES string of the molecule is CNC(=O)CN1CCN(c2nc(C)cc(NC)n2)CC(O)C1. The first kappa shape index (κ1) is 16.4. The number of carbonyl (C=O) groups excluding carboxylic acids is 1. The Hall–Kier alpha value is -1.93. The normalized spacial score (nSPS) is 19.6. The van der Waals surface area contributed by atoms with Gasteiger partial charge in [-0.15, -0.1) is 0 Å². The highest BCUT2D eigenvalue weighted by atomic mass is 16.3. The van der Waals surface area contributed by atoms with E-state index < -0.39 is 6.10 Å². The van der Waals surface area contributed by atoms with Gasteiger partial charge in [0.1, 0.15) is 5.82 Å². The van der Waals surface area contributed by atoms with Crippen LogP contribution in [-0.4, -0.2) is 78.8 Å². The van der Waals surface area contributed by atoms with Gasteiger partial charge in [-0.2, -0.15) is 4.98 Å². The molecule has 1 aromatic rings. The van der Waals surface area contributed by atoms with Crippen molar-refractivity contribution in [2.45, 2.75) is 13.0 Å².